The Labute approximate surface area is 313 Å². The summed E-state index contributed by atoms with van der Waals surface area (Å²) in [6, 6.07) is 31.7. The van der Waals surface area contributed by atoms with E-state index in [1.165, 1.54) is 5.39 Å². The fraction of sp³-hybridized carbons (Fsp3) is 0.122. The first-order valence-electron chi connectivity index (χ1n) is 18.7. The minimum absolute atomic E-state index is 0.0684. The molecule has 0 spiro atoms. The minimum Gasteiger partial charge on any atom is -0.456 e. The molecule has 5 heteroatoms. The van der Waals surface area contributed by atoms with Gasteiger partial charge in [-0.25, -0.2) is 15.0 Å². The summed E-state index contributed by atoms with van der Waals surface area (Å²) in [6.07, 6.45) is 24.5. The van der Waals surface area contributed by atoms with Crippen LogP contribution in [0.2, 0.25) is 0 Å². The Balaban J connectivity index is 1.09. The molecule has 0 amide bonds. The first-order chi connectivity index (χ1) is 26.5. The minimum atomic E-state index is -0.0684. The number of hydrogen-bond acceptors (Lipinski definition) is 5. The van der Waals surface area contributed by atoms with Gasteiger partial charge in [0.15, 0.2) is 17.5 Å². The van der Waals surface area contributed by atoms with Crippen molar-refractivity contribution in [1.29, 1.82) is 0 Å². The molecular formula is C49H37N3O2. The summed E-state index contributed by atoms with van der Waals surface area (Å²) < 4.78 is 13.2. The van der Waals surface area contributed by atoms with E-state index in [-0.39, 0.29) is 5.41 Å². The van der Waals surface area contributed by atoms with Crippen LogP contribution in [0.3, 0.4) is 0 Å². The van der Waals surface area contributed by atoms with E-state index in [0.29, 0.717) is 17.5 Å². The van der Waals surface area contributed by atoms with Gasteiger partial charge in [-0.05, 0) is 72.9 Å². The lowest BCUT2D eigenvalue weighted by molar-refractivity contribution is 0.558. The van der Waals surface area contributed by atoms with Crippen molar-refractivity contribution in [3.05, 3.63) is 163 Å². The number of rotatable bonds is 6. The Morgan fingerprint density at radius 2 is 1.41 bits per heavy atom. The highest BCUT2D eigenvalue weighted by atomic mass is 16.3. The molecule has 0 N–H and O–H groups in total. The summed E-state index contributed by atoms with van der Waals surface area (Å²) in [7, 11) is 0. The number of allylic oxidation sites excluding steroid dienone is 12. The molecule has 3 aromatic heterocycles. The summed E-state index contributed by atoms with van der Waals surface area (Å²) in [5.41, 5.74) is 8.26. The number of para-hydroxylation sites is 1. The first-order valence-corrected chi connectivity index (χ1v) is 18.7. The van der Waals surface area contributed by atoms with Crippen molar-refractivity contribution in [2.45, 2.75) is 33.1 Å². The van der Waals surface area contributed by atoms with Gasteiger partial charge in [-0.1, -0.05) is 128 Å². The molecule has 1 unspecified atom stereocenters. The van der Waals surface area contributed by atoms with Crippen LogP contribution >= 0.6 is 0 Å². The summed E-state index contributed by atoms with van der Waals surface area (Å²) in [5, 5.41) is 6.57. The Hall–Kier alpha value is -6.59. The standard InChI is InChI=1S/C49H37N3O2/c1-3-4-10-25-49(2)26-23-32(24-27-49)47-50-46(31-13-6-5-7-14-31)51-48(52-47)39-19-12-20-41-44(39)38-22-21-35(30-42(38)53-41)36-17-11-18-37-40-28-33-15-8-9-16-34(33)29-43(40)54-45(36)37/h3-4,6,8-26,28-30H,5,7,27H2,1-2H3/b4-3-,25-10-. The molecule has 0 saturated carbocycles. The highest BCUT2D eigenvalue weighted by Crippen LogP contribution is 2.42. The van der Waals surface area contributed by atoms with Gasteiger partial charge in [0.2, 0.25) is 0 Å². The third kappa shape index (κ3) is 5.52. The normalized spacial score (nSPS) is 17.6. The maximum absolute atomic E-state index is 6.60. The van der Waals surface area contributed by atoms with E-state index >= 15 is 0 Å². The molecule has 0 radical (unpaired) electrons. The van der Waals surface area contributed by atoms with Gasteiger partial charge in [0.25, 0.3) is 0 Å². The second kappa shape index (κ2) is 12.8. The van der Waals surface area contributed by atoms with Gasteiger partial charge in [-0.15, -0.1) is 0 Å². The Morgan fingerprint density at radius 1 is 0.630 bits per heavy atom. The van der Waals surface area contributed by atoms with Crippen molar-refractivity contribution in [2.75, 3.05) is 0 Å². The van der Waals surface area contributed by atoms with E-state index in [0.717, 1.165) is 96.4 Å². The molecule has 260 valence electrons. The van der Waals surface area contributed by atoms with Gasteiger partial charge in [0.1, 0.15) is 22.3 Å². The largest absolute Gasteiger partial charge is 0.456 e. The molecule has 0 aliphatic heterocycles. The average molecular weight is 700 g/mol. The Kier molecular flexibility index (Phi) is 7.62. The van der Waals surface area contributed by atoms with Gasteiger partial charge in [-0.3, -0.25) is 0 Å². The third-order valence-corrected chi connectivity index (χ3v) is 10.7. The van der Waals surface area contributed by atoms with Crippen molar-refractivity contribution < 1.29 is 8.83 Å². The number of furan rings is 2. The number of nitrogens with zero attached hydrogens (tertiary/aromatic N) is 3. The molecule has 10 rings (SSSR count). The smallest absolute Gasteiger partial charge is 0.164 e. The van der Waals surface area contributed by atoms with E-state index in [2.05, 4.69) is 140 Å². The zero-order valence-corrected chi connectivity index (χ0v) is 30.2. The van der Waals surface area contributed by atoms with E-state index in [4.69, 9.17) is 23.8 Å². The summed E-state index contributed by atoms with van der Waals surface area (Å²) in [4.78, 5) is 15.3. The predicted molar refractivity (Wildman–Crippen MR) is 223 cm³/mol. The number of benzene rings is 5. The maximum atomic E-state index is 6.60. The lowest BCUT2D eigenvalue weighted by atomic mass is 9.81. The molecule has 2 aliphatic carbocycles. The third-order valence-electron chi connectivity index (χ3n) is 10.7. The number of fused-ring (bicyclic) bond motifs is 7. The van der Waals surface area contributed by atoms with E-state index in [1.54, 1.807) is 0 Å². The van der Waals surface area contributed by atoms with Gasteiger partial charge < -0.3 is 8.83 Å². The molecule has 1 atom stereocenters. The lowest BCUT2D eigenvalue weighted by Crippen LogP contribution is -2.12. The quantitative estimate of drug-likeness (QED) is 0.162. The summed E-state index contributed by atoms with van der Waals surface area (Å²) in [5.74, 6) is 1.98. The van der Waals surface area contributed by atoms with Crippen molar-refractivity contribution in [3.8, 4) is 22.5 Å². The number of hydrogen-bond donors (Lipinski definition) is 0. The van der Waals surface area contributed by atoms with Crippen LogP contribution in [-0.4, -0.2) is 15.0 Å². The number of aromatic nitrogens is 3. The van der Waals surface area contributed by atoms with Crippen LogP contribution in [0.4, 0.5) is 0 Å². The molecule has 3 heterocycles. The molecule has 0 saturated heterocycles. The maximum Gasteiger partial charge on any atom is 0.164 e. The highest BCUT2D eigenvalue weighted by Gasteiger charge is 2.23. The van der Waals surface area contributed by atoms with E-state index in [1.807, 2.05) is 25.1 Å². The van der Waals surface area contributed by atoms with Crippen LogP contribution in [0.15, 0.2) is 161 Å². The summed E-state index contributed by atoms with van der Waals surface area (Å²) >= 11 is 0. The Bertz CT molecular complexity index is 3000. The zero-order chi connectivity index (χ0) is 36.2. The average Bonchev–Trinajstić information content (AvgIpc) is 3.78. The van der Waals surface area contributed by atoms with Crippen LogP contribution in [0.1, 0.15) is 44.8 Å². The molecule has 0 fully saturated rings. The van der Waals surface area contributed by atoms with Crippen LogP contribution in [0.25, 0.3) is 88.3 Å². The SMILES string of the molecule is C/C=C\C=C/C1(C)C=CC(c2nc(C3=CCCC=C3)nc(-c3cccc4oc5cc(-c6cccc7c6oc6cc8ccccc8cc67)ccc5c34)n2)=CC1. The predicted octanol–water partition coefficient (Wildman–Crippen LogP) is 13.4. The van der Waals surface area contributed by atoms with Crippen molar-refractivity contribution in [2.24, 2.45) is 5.41 Å². The van der Waals surface area contributed by atoms with Gasteiger partial charge >= 0.3 is 0 Å². The monoisotopic (exact) mass is 699 g/mol. The van der Waals surface area contributed by atoms with Crippen molar-refractivity contribution in [1.82, 2.24) is 15.0 Å². The molecule has 5 nitrogen and oxygen atoms in total. The van der Waals surface area contributed by atoms with Gasteiger partial charge in [0.05, 0.1) is 0 Å². The van der Waals surface area contributed by atoms with Crippen molar-refractivity contribution in [3.63, 3.8) is 0 Å². The van der Waals surface area contributed by atoms with Crippen molar-refractivity contribution >= 4 is 65.8 Å². The second-order valence-electron chi connectivity index (χ2n) is 14.5. The molecule has 0 bridgehead atoms. The fourth-order valence-electron chi connectivity index (χ4n) is 7.85. The molecule has 5 aromatic carbocycles. The fourth-order valence-corrected chi connectivity index (χ4v) is 7.85. The van der Waals surface area contributed by atoms with Crippen LogP contribution < -0.4 is 0 Å². The second-order valence-corrected chi connectivity index (χ2v) is 14.5. The molecule has 8 aromatic rings. The van der Waals surface area contributed by atoms with Gasteiger partial charge in [0, 0.05) is 49.2 Å². The van der Waals surface area contributed by atoms with Crippen LogP contribution in [0, 0.1) is 5.41 Å². The molecular weight excluding hydrogens is 663 g/mol. The molecule has 2 aliphatic rings. The zero-order valence-electron chi connectivity index (χ0n) is 30.2. The van der Waals surface area contributed by atoms with E-state index in [9.17, 15) is 0 Å². The highest BCUT2D eigenvalue weighted by molar-refractivity contribution is 6.15. The Morgan fingerprint density at radius 3 is 2.20 bits per heavy atom. The first kappa shape index (κ1) is 32.1. The van der Waals surface area contributed by atoms with Crippen LogP contribution in [-0.2, 0) is 0 Å². The topological polar surface area (TPSA) is 65.0 Å². The van der Waals surface area contributed by atoms with E-state index < -0.39 is 0 Å². The van der Waals surface area contributed by atoms with Gasteiger partial charge in [-0.2, -0.15) is 0 Å². The van der Waals surface area contributed by atoms with Crippen LogP contribution in [0.5, 0.6) is 0 Å². The lowest BCUT2D eigenvalue weighted by Gasteiger charge is -2.24. The molecule has 54 heavy (non-hydrogen) atoms. The summed E-state index contributed by atoms with van der Waals surface area (Å²) in [6.45, 7) is 4.28.